The van der Waals surface area contributed by atoms with Gasteiger partial charge in [0.15, 0.2) is 6.61 Å². The third-order valence-corrected chi connectivity index (χ3v) is 6.61. The molecule has 1 amide bonds. The number of anilines is 1. The molecular weight excluding hydrogens is 442 g/mol. The van der Waals surface area contributed by atoms with Crippen molar-refractivity contribution in [3.8, 4) is 0 Å². The van der Waals surface area contributed by atoms with Gasteiger partial charge < -0.3 is 14.8 Å². The predicted octanol–water partition coefficient (Wildman–Crippen LogP) is 1.72. The van der Waals surface area contributed by atoms with Crippen LogP contribution >= 0.6 is 0 Å². The number of nitrogens with zero attached hydrogens (tertiary/aromatic N) is 2. The van der Waals surface area contributed by atoms with Crippen LogP contribution in [0.5, 0.6) is 0 Å². The van der Waals surface area contributed by atoms with Gasteiger partial charge in [-0.1, -0.05) is 12.1 Å². The fourth-order valence-corrected chi connectivity index (χ4v) is 4.43. The summed E-state index contributed by atoms with van der Waals surface area (Å²) < 4.78 is 36.9. The molecule has 2 aromatic carbocycles. The van der Waals surface area contributed by atoms with Crippen molar-refractivity contribution >= 4 is 33.3 Å². The minimum atomic E-state index is -3.79. The number of sulfonamides is 1. The number of nitrogens with one attached hydrogen (secondary N) is 1. The van der Waals surface area contributed by atoms with E-state index in [0.717, 1.165) is 0 Å². The number of esters is 1. The Morgan fingerprint density at radius 1 is 1.19 bits per heavy atom. The Morgan fingerprint density at radius 3 is 2.59 bits per heavy atom. The molecule has 1 saturated heterocycles. The highest BCUT2D eigenvalue weighted by Gasteiger charge is 2.27. The van der Waals surface area contributed by atoms with E-state index in [0.29, 0.717) is 18.8 Å². The van der Waals surface area contributed by atoms with E-state index in [1.165, 1.54) is 46.8 Å². The lowest BCUT2D eigenvalue weighted by Crippen LogP contribution is -2.40. The first-order chi connectivity index (χ1) is 15.2. The highest BCUT2D eigenvalue weighted by atomic mass is 32.2. The number of benzene rings is 2. The highest BCUT2D eigenvalue weighted by molar-refractivity contribution is 7.89. The van der Waals surface area contributed by atoms with Crippen molar-refractivity contribution in [3.63, 3.8) is 0 Å². The van der Waals surface area contributed by atoms with E-state index in [4.69, 9.17) is 9.47 Å². The van der Waals surface area contributed by atoms with Gasteiger partial charge in [-0.25, -0.2) is 13.2 Å². The summed E-state index contributed by atoms with van der Waals surface area (Å²) in [5.41, 5.74) is 0.593. The first-order valence-corrected chi connectivity index (χ1v) is 11.0. The fraction of sp³-hybridized carbons (Fsp3) is 0.300. The molecule has 1 N–H and O–H groups in total. The van der Waals surface area contributed by atoms with Crippen LogP contribution in [0.3, 0.4) is 0 Å². The first-order valence-electron chi connectivity index (χ1n) is 9.58. The lowest BCUT2D eigenvalue weighted by molar-refractivity contribution is -0.384. The van der Waals surface area contributed by atoms with E-state index >= 15 is 0 Å². The van der Waals surface area contributed by atoms with Crippen LogP contribution in [-0.2, 0) is 24.3 Å². The van der Waals surface area contributed by atoms with E-state index < -0.39 is 33.4 Å². The first kappa shape index (κ1) is 23.3. The van der Waals surface area contributed by atoms with Gasteiger partial charge in [0, 0.05) is 25.2 Å². The maximum atomic E-state index is 12.7. The molecule has 1 fully saturated rings. The summed E-state index contributed by atoms with van der Waals surface area (Å²) in [5.74, 6) is -1.58. The second-order valence-corrected chi connectivity index (χ2v) is 8.86. The Kier molecular flexibility index (Phi) is 7.18. The number of hydrogen-bond donors (Lipinski definition) is 1. The number of morpholine rings is 1. The molecular formula is C20H21N3O8S. The number of nitro groups is 1. The van der Waals surface area contributed by atoms with Crippen molar-refractivity contribution in [2.24, 2.45) is 0 Å². The number of carbonyl (C=O) groups is 2. The Balaban J connectivity index is 1.64. The number of nitro benzene ring substituents is 1. The van der Waals surface area contributed by atoms with Crippen LogP contribution in [0, 0.1) is 17.0 Å². The van der Waals surface area contributed by atoms with Gasteiger partial charge in [-0.3, -0.25) is 14.9 Å². The second-order valence-electron chi connectivity index (χ2n) is 6.92. The maximum Gasteiger partial charge on any atom is 0.338 e. The largest absolute Gasteiger partial charge is 0.452 e. The van der Waals surface area contributed by atoms with Crippen LogP contribution in [0.4, 0.5) is 11.4 Å². The van der Waals surface area contributed by atoms with Gasteiger partial charge in [0.2, 0.25) is 10.0 Å². The zero-order valence-corrected chi connectivity index (χ0v) is 18.0. The number of amides is 1. The van der Waals surface area contributed by atoms with Gasteiger partial charge in [-0.15, -0.1) is 0 Å². The van der Waals surface area contributed by atoms with Gasteiger partial charge in [0.1, 0.15) is 0 Å². The molecule has 32 heavy (non-hydrogen) atoms. The Bertz CT molecular complexity index is 1140. The lowest BCUT2D eigenvalue weighted by atomic mass is 10.2. The molecule has 11 nitrogen and oxygen atoms in total. The quantitative estimate of drug-likeness (QED) is 0.371. The predicted molar refractivity (Wildman–Crippen MR) is 113 cm³/mol. The number of ether oxygens (including phenoxy) is 2. The summed E-state index contributed by atoms with van der Waals surface area (Å²) in [7, 11) is -3.79. The van der Waals surface area contributed by atoms with Crippen molar-refractivity contribution < 1.29 is 32.4 Å². The minimum absolute atomic E-state index is 0.0290. The number of aryl methyl sites for hydroxylation is 1. The van der Waals surface area contributed by atoms with Crippen molar-refractivity contribution in [2.75, 3.05) is 38.2 Å². The number of hydrogen-bond acceptors (Lipinski definition) is 8. The second kappa shape index (κ2) is 9.85. The Labute approximate surface area is 184 Å². The minimum Gasteiger partial charge on any atom is -0.452 e. The molecule has 1 aliphatic heterocycles. The van der Waals surface area contributed by atoms with Gasteiger partial charge in [-0.05, 0) is 30.7 Å². The van der Waals surface area contributed by atoms with Gasteiger partial charge in [-0.2, -0.15) is 4.31 Å². The van der Waals surface area contributed by atoms with Gasteiger partial charge >= 0.3 is 5.97 Å². The molecule has 0 radical (unpaired) electrons. The summed E-state index contributed by atoms with van der Waals surface area (Å²) >= 11 is 0. The van der Waals surface area contributed by atoms with E-state index in [1.807, 2.05) is 0 Å². The third-order valence-electron chi connectivity index (χ3n) is 4.72. The molecule has 0 aliphatic carbocycles. The van der Waals surface area contributed by atoms with Crippen LogP contribution in [0.1, 0.15) is 15.9 Å². The monoisotopic (exact) mass is 463 g/mol. The molecule has 0 bridgehead atoms. The lowest BCUT2D eigenvalue weighted by Gasteiger charge is -2.26. The molecule has 0 unspecified atom stereocenters. The summed E-state index contributed by atoms with van der Waals surface area (Å²) in [6.45, 7) is 2.02. The smallest absolute Gasteiger partial charge is 0.338 e. The molecule has 3 rings (SSSR count). The van der Waals surface area contributed by atoms with Crippen molar-refractivity contribution in [3.05, 3.63) is 63.7 Å². The summed E-state index contributed by atoms with van der Waals surface area (Å²) in [6.07, 6.45) is 0. The fourth-order valence-electron chi connectivity index (χ4n) is 2.98. The zero-order valence-electron chi connectivity index (χ0n) is 17.1. The normalized spacial score (nSPS) is 14.5. The van der Waals surface area contributed by atoms with E-state index in [9.17, 15) is 28.1 Å². The molecule has 2 aromatic rings. The number of rotatable bonds is 7. The highest BCUT2D eigenvalue weighted by Crippen LogP contribution is 2.22. The third kappa shape index (κ3) is 5.46. The van der Waals surface area contributed by atoms with Crippen LogP contribution in [0.25, 0.3) is 0 Å². The molecule has 1 heterocycles. The van der Waals surface area contributed by atoms with Crippen molar-refractivity contribution in [2.45, 2.75) is 11.8 Å². The Hall–Kier alpha value is -3.35. The topological polar surface area (TPSA) is 145 Å². The average molecular weight is 463 g/mol. The summed E-state index contributed by atoms with van der Waals surface area (Å²) in [4.78, 5) is 34.7. The molecule has 12 heteroatoms. The Morgan fingerprint density at radius 2 is 1.91 bits per heavy atom. The number of carbonyl (C=O) groups excluding carboxylic acids is 2. The molecule has 0 saturated carbocycles. The summed E-state index contributed by atoms with van der Waals surface area (Å²) in [6, 6.07) is 9.35. The molecule has 0 atom stereocenters. The van der Waals surface area contributed by atoms with Crippen molar-refractivity contribution in [1.82, 2.24) is 4.31 Å². The molecule has 170 valence electrons. The van der Waals surface area contributed by atoms with Gasteiger partial charge in [0.05, 0.1) is 34.3 Å². The standard InChI is InChI=1S/C20H21N3O8S/c1-14-5-6-16(23(26)27)12-18(14)21-19(24)13-31-20(25)15-3-2-4-17(11-15)32(28,29)22-7-9-30-10-8-22/h2-6,11-12H,7-10,13H2,1H3,(H,21,24). The van der Waals surface area contributed by atoms with Crippen LogP contribution in [-0.4, -0.2) is 62.4 Å². The van der Waals surface area contributed by atoms with E-state index in [1.54, 1.807) is 6.92 Å². The van der Waals surface area contributed by atoms with Crippen LogP contribution < -0.4 is 5.32 Å². The average Bonchev–Trinajstić information content (AvgIpc) is 2.79. The number of non-ortho nitro benzene ring substituents is 1. The SMILES string of the molecule is Cc1ccc([N+](=O)[O-])cc1NC(=O)COC(=O)c1cccc(S(=O)(=O)N2CCOCC2)c1. The maximum absolute atomic E-state index is 12.7. The van der Waals surface area contributed by atoms with E-state index in [-0.39, 0.29) is 34.9 Å². The van der Waals surface area contributed by atoms with Crippen molar-refractivity contribution in [1.29, 1.82) is 0 Å². The van der Waals surface area contributed by atoms with Gasteiger partial charge in [0.25, 0.3) is 11.6 Å². The van der Waals surface area contributed by atoms with Crippen LogP contribution in [0.15, 0.2) is 47.4 Å². The molecule has 0 aromatic heterocycles. The molecule has 0 spiro atoms. The zero-order chi connectivity index (χ0) is 23.3. The molecule has 1 aliphatic rings. The van der Waals surface area contributed by atoms with E-state index in [2.05, 4.69) is 5.32 Å². The summed E-state index contributed by atoms with van der Waals surface area (Å²) in [5, 5.41) is 13.3. The van der Waals surface area contributed by atoms with Crippen LogP contribution in [0.2, 0.25) is 0 Å².